The topological polar surface area (TPSA) is 52.6 Å². The van der Waals surface area contributed by atoms with Crippen LogP contribution in [0.25, 0.3) is 0 Å². The zero-order valence-electron chi connectivity index (χ0n) is 7.04. The minimum Gasteiger partial charge on any atom is -0.466 e. The van der Waals surface area contributed by atoms with Gasteiger partial charge in [-0.3, -0.25) is 9.59 Å². The van der Waals surface area contributed by atoms with Crippen molar-refractivity contribution in [3.8, 4) is 0 Å². The SMILES string of the molecule is CC(=O)OCCC[C@@H]1OCC1=O. The minimum atomic E-state index is -0.282. The van der Waals surface area contributed by atoms with E-state index in [0.29, 0.717) is 19.4 Å². The van der Waals surface area contributed by atoms with E-state index in [1.807, 2.05) is 0 Å². The van der Waals surface area contributed by atoms with Gasteiger partial charge in [-0.25, -0.2) is 0 Å². The molecule has 0 aromatic heterocycles. The molecule has 12 heavy (non-hydrogen) atoms. The first-order valence-corrected chi connectivity index (χ1v) is 3.98. The smallest absolute Gasteiger partial charge is 0.302 e. The molecule has 0 saturated carbocycles. The molecule has 1 aliphatic heterocycles. The van der Waals surface area contributed by atoms with Gasteiger partial charge in [0.25, 0.3) is 0 Å². The fourth-order valence-electron chi connectivity index (χ4n) is 0.998. The average molecular weight is 172 g/mol. The van der Waals surface area contributed by atoms with Crippen LogP contribution in [0.1, 0.15) is 19.8 Å². The maximum absolute atomic E-state index is 10.7. The Hall–Kier alpha value is -0.900. The van der Waals surface area contributed by atoms with Gasteiger partial charge in [0, 0.05) is 6.92 Å². The summed E-state index contributed by atoms with van der Waals surface area (Å²) < 4.78 is 9.65. The van der Waals surface area contributed by atoms with E-state index in [1.54, 1.807) is 0 Å². The molecule has 1 aliphatic rings. The van der Waals surface area contributed by atoms with Gasteiger partial charge in [0.2, 0.25) is 0 Å². The summed E-state index contributed by atoms with van der Waals surface area (Å²) in [7, 11) is 0. The number of hydrogen-bond acceptors (Lipinski definition) is 4. The molecule has 0 aromatic carbocycles. The Morgan fingerprint density at radius 3 is 2.92 bits per heavy atom. The predicted molar refractivity (Wildman–Crippen MR) is 40.6 cm³/mol. The Morgan fingerprint density at radius 2 is 2.50 bits per heavy atom. The first-order valence-electron chi connectivity index (χ1n) is 3.98. The van der Waals surface area contributed by atoms with Gasteiger partial charge in [-0.05, 0) is 12.8 Å². The Bertz CT molecular complexity index is 187. The van der Waals surface area contributed by atoms with E-state index >= 15 is 0 Å². The third-order valence-electron chi connectivity index (χ3n) is 1.70. The van der Waals surface area contributed by atoms with Crippen LogP contribution < -0.4 is 0 Å². The number of carbonyl (C=O) groups is 2. The van der Waals surface area contributed by atoms with E-state index < -0.39 is 0 Å². The molecule has 1 atom stereocenters. The molecule has 0 amide bonds. The van der Waals surface area contributed by atoms with Crippen molar-refractivity contribution in [2.45, 2.75) is 25.9 Å². The van der Waals surface area contributed by atoms with E-state index in [0.717, 1.165) is 0 Å². The van der Waals surface area contributed by atoms with Crippen molar-refractivity contribution < 1.29 is 19.1 Å². The largest absolute Gasteiger partial charge is 0.466 e. The Kier molecular flexibility index (Phi) is 3.22. The van der Waals surface area contributed by atoms with Crippen molar-refractivity contribution in [3.05, 3.63) is 0 Å². The lowest BCUT2D eigenvalue weighted by Gasteiger charge is -2.24. The highest BCUT2D eigenvalue weighted by Crippen LogP contribution is 2.12. The third kappa shape index (κ3) is 2.62. The molecular weight excluding hydrogens is 160 g/mol. The van der Waals surface area contributed by atoms with E-state index in [1.165, 1.54) is 6.92 Å². The van der Waals surface area contributed by atoms with Crippen LogP contribution in [0.3, 0.4) is 0 Å². The van der Waals surface area contributed by atoms with Gasteiger partial charge in [-0.2, -0.15) is 0 Å². The van der Waals surface area contributed by atoms with Crippen molar-refractivity contribution in [2.75, 3.05) is 13.2 Å². The fraction of sp³-hybridized carbons (Fsp3) is 0.750. The molecule has 0 N–H and O–H groups in total. The number of hydrogen-bond donors (Lipinski definition) is 0. The van der Waals surface area contributed by atoms with Crippen molar-refractivity contribution in [1.29, 1.82) is 0 Å². The summed E-state index contributed by atoms with van der Waals surface area (Å²) in [6.07, 6.45) is 1.11. The van der Waals surface area contributed by atoms with Crippen LogP contribution >= 0.6 is 0 Å². The van der Waals surface area contributed by atoms with Crippen LogP contribution in [0, 0.1) is 0 Å². The van der Waals surface area contributed by atoms with Gasteiger partial charge in [-0.1, -0.05) is 0 Å². The van der Waals surface area contributed by atoms with Gasteiger partial charge < -0.3 is 9.47 Å². The molecule has 0 unspecified atom stereocenters. The summed E-state index contributed by atoms with van der Waals surface area (Å²) in [5.41, 5.74) is 0. The molecular formula is C8H12O4. The van der Waals surface area contributed by atoms with Crippen LogP contribution in [-0.4, -0.2) is 31.1 Å². The second kappa shape index (κ2) is 4.21. The number of esters is 1. The minimum absolute atomic E-state index is 0.151. The second-order valence-corrected chi connectivity index (χ2v) is 2.75. The Labute approximate surface area is 70.8 Å². The molecule has 0 aromatic rings. The molecule has 0 spiro atoms. The first kappa shape index (κ1) is 9.19. The molecule has 1 rings (SSSR count). The highest BCUT2D eigenvalue weighted by Gasteiger charge is 2.28. The highest BCUT2D eigenvalue weighted by molar-refractivity contribution is 5.88. The molecule has 0 radical (unpaired) electrons. The number of carbonyl (C=O) groups excluding carboxylic acids is 2. The summed E-state index contributed by atoms with van der Waals surface area (Å²) >= 11 is 0. The maximum Gasteiger partial charge on any atom is 0.302 e. The Morgan fingerprint density at radius 1 is 1.75 bits per heavy atom. The summed E-state index contributed by atoms with van der Waals surface area (Å²) in [5, 5.41) is 0. The lowest BCUT2D eigenvalue weighted by atomic mass is 10.1. The van der Waals surface area contributed by atoms with Crippen LogP contribution in [0.4, 0.5) is 0 Å². The normalized spacial score (nSPS) is 21.8. The molecule has 1 heterocycles. The zero-order chi connectivity index (χ0) is 8.97. The van der Waals surface area contributed by atoms with Gasteiger partial charge in [-0.15, -0.1) is 0 Å². The van der Waals surface area contributed by atoms with Gasteiger partial charge in [0.05, 0.1) is 6.61 Å². The summed E-state index contributed by atoms with van der Waals surface area (Å²) in [6.45, 7) is 1.99. The molecule has 0 bridgehead atoms. The third-order valence-corrected chi connectivity index (χ3v) is 1.70. The van der Waals surface area contributed by atoms with E-state index in [9.17, 15) is 9.59 Å². The standard InChI is InChI=1S/C8H12O4/c1-6(9)11-4-2-3-8-7(10)5-12-8/h8H,2-5H2,1H3/t8-/m0/s1. The van der Waals surface area contributed by atoms with E-state index in [-0.39, 0.29) is 24.5 Å². The monoisotopic (exact) mass is 172 g/mol. The van der Waals surface area contributed by atoms with Gasteiger partial charge in [0.1, 0.15) is 12.7 Å². The van der Waals surface area contributed by atoms with Crippen molar-refractivity contribution >= 4 is 11.8 Å². The first-order chi connectivity index (χ1) is 5.70. The summed E-state index contributed by atoms with van der Waals surface area (Å²) in [5.74, 6) is -0.131. The maximum atomic E-state index is 10.7. The fourth-order valence-corrected chi connectivity index (χ4v) is 0.998. The number of ketones is 1. The molecule has 1 fully saturated rings. The molecule has 1 saturated heterocycles. The van der Waals surface area contributed by atoms with Gasteiger partial charge in [0.15, 0.2) is 5.78 Å². The predicted octanol–water partition coefficient (Wildman–Crippen LogP) is 0.298. The van der Waals surface area contributed by atoms with E-state index in [4.69, 9.17) is 9.47 Å². The molecule has 4 nitrogen and oxygen atoms in total. The number of ether oxygens (including phenoxy) is 2. The highest BCUT2D eigenvalue weighted by atomic mass is 16.5. The second-order valence-electron chi connectivity index (χ2n) is 2.75. The number of rotatable bonds is 4. The van der Waals surface area contributed by atoms with Crippen LogP contribution in [-0.2, 0) is 19.1 Å². The molecule has 0 aliphatic carbocycles. The molecule has 4 heteroatoms. The summed E-state index contributed by atoms with van der Waals surface area (Å²) in [6, 6.07) is 0. The van der Waals surface area contributed by atoms with Gasteiger partial charge >= 0.3 is 5.97 Å². The number of Topliss-reactive ketones (excluding diaryl/α,β-unsaturated/α-hetero) is 1. The quantitative estimate of drug-likeness (QED) is 0.452. The average Bonchev–Trinajstić information content (AvgIpc) is 2.01. The van der Waals surface area contributed by atoms with Crippen molar-refractivity contribution in [2.24, 2.45) is 0 Å². The van der Waals surface area contributed by atoms with Crippen LogP contribution in [0.15, 0.2) is 0 Å². The lowest BCUT2D eigenvalue weighted by Crippen LogP contribution is -2.40. The van der Waals surface area contributed by atoms with Crippen molar-refractivity contribution in [3.63, 3.8) is 0 Å². The lowest BCUT2D eigenvalue weighted by molar-refractivity contribution is -0.155. The zero-order valence-corrected chi connectivity index (χ0v) is 7.04. The van der Waals surface area contributed by atoms with Crippen LogP contribution in [0.2, 0.25) is 0 Å². The van der Waals surface area contributed by atoms with Crippen molar-refractivity contribution in [1.82, 2.24) is 0 Å². The van der Waals surface area contributed by atoms with E-state index in [2.05, 4.69) is 0 Å². The Balaban J connectivity index is 1.95. The molecule has 68 valence electrons. The summed E-state index contributed by atoms with van der Waals surface area (Å²) in [4.78, 5) is 21.0. The van der Waals surface area contributed by atoms with Crippen LogP contribution in [0.5, 0.6) is 0 Å².